The van der Waals surface area contributed by atoms with E-state index in [1.54, 1.807) is 13.2 Å². The predicted octanol–water partition coefficient (Wildman–Crippen LogP) is 2.58. The van der Waals surface area contributed by atoms with Crippen LogP contribution < -0.4 is 10.1 Å². The summed E-state index contributed by atoms with van der Waals surface area (Å²) in [6, 6.07) is 5.48. The van der Waals surface area contributed by atoms with Gasteiger partial charge in [0, 0.05) is 25.2 Å². The van der Waals surface area contributed by atoms with E-state index in [0.717, 1.165) is 31.2 Å². The van der Waals surface area contributed by atoms with Crippen LogP contribution in [0.3, 0.4) is 0 Å². The number of benzene rings is 1. The molecule has 1 heterocycles. The zero-order valence-corrected chi connectivity index (χ0v) is 15.0. The van der Waals surface area contributed by atoms with Gasteiger partial charge in [-0.25, -0.2) is 4.99 Å². The smallest absolute Gasteiger partial charge is 0.194 e. The van der Waals surface area contributed by atoms with Crippen LogP contribution in [0.1, 0.15) is 25.3 Å². The molecule has 1 aromatic carbocycles. The zero-order valence-electron chi connectivity index (χ0n) is 12.6. The average molecular weight is 405 g/mol. The summed E-state index contributed by atoms with van der Waals surface area (Å²) in [5, 5.41) is 13.4. The highest BCUT2D eigenvalue weighted by Crippen LogP contribution is 2.29. The molecule has 0 amide bonds. The number of para-hydroxylation sites is 1. The van der Waals surface area contributed by atoms with Crippen LogP contribution in [0.25, 0.3) is 0 Å². The van der Waals surface area contributed by atoms with Crippen molar-refractivity contribution in [3.63, 3.8) is 0 Å². The first-order valence-corrected chi connectivity index (χ1v) is 7.14. The van der Waals surface area contributed by atoms with Gasteiger partial charge in [0.2, 0.25) is 0 Å². The van der Waals surface area contributed by atoms with Crippen LogP contribution in [0.4, 0.5) is 0 Å². The van der Waals surface area contributed by atoms with Crippen molar-refractivity contribution < 1.29 is 9.84 Å². The molecule has 1 fully saturated rings. The van der Waals surface area contributed by atoms with Crippen LogP contribution in [0.15, 0.2) is 23.2 Å². The normalized spacial score (nSPS) is 14.8. The zero-order chi connectivity index (χ0) is 14.4. The van der Waals surface area contributed by atoms with Gasteiger partial charge < -0.3 is 20.1 Å². The second kappa shape index (κ2) is 8.96. The topological polar surface area (TPSA) is 57.1 Å². The summed E-state index contributed by atoms with van der Waals surface area (Å²) in [6.07, 6.45) is 2.43. The molecule has 1 aromatic rings. The van der Waals surface area contributed by atoms with Gasteiger partial charge >= 0.3 is 0 Å². The molecule has 0 aromatic heterocycles. The summed E-state index contributed by atoms with van der Waals surface area (Å²) >= 11 is 0. The molecule has 1 aliphatic heterocycles. The molecular formula is C15H24IN3O2. The van der Waals surface area contributed by atoms with Crippen molar-refractivity contribution in [1.29, 1.82) is 0 Å². The Labute approximate surface area is 143 Å². The van der Waals surface area contributed by atoms with Crippen molar-refractivity contribution in [3.8, 4) is 11.5 Å². The maximum Gasteiger partial charge on any atom is 0.194 e. The number of aliphatic imine (C=N–C) groups is 1. The molecule has 1 saturated heterocycles. The molecule has 21 heavy (non-hydrogen) atoms. The minimum absolute atomic E-state index is 0. The second-order valence-electron chi connectivity index (χ2n) is 4.83. The van der Waals surface area contributed by atoms with Gasteiger partial charge in [-0.3, -0.25) is 0 Å². The molecule has 2 rings (SSSR count). The van der Waals surface area contributed by atoms with Gasteiger partial charge in [0.05, 0.1) is 13.7 Å². The number of ether oxygens (including phenoxy) is 1. The van der Waals surface area contributed by atoms with E-state index in [1.807, 2.05) is 12.1 Å². The Balaban J connectivity index is 0.00000220. The first kappa shape index (κ1) is 17.9. The van der Waals surface area contributed by atoms with Crippen LogP contribution >= 0.6 is 24.0 Å². The molecule has 118 valence electrons. The number of guanidine groups is 1. The molecule has 0 spiro atoms. The van der Waals surface area contributed by atoms with E-state index in [2.05, 4.69) is 22.1 Å². The van der Waals surface area contributed by atoms with Crippen molar-refractivity contribution in [2.45, 2.75) is 26.3 Å². The number of halogens is 1. The van der Waals surface area contributed by atoms with E-state index in [4.69, 9.17) is 4.74 Å². The number of nitrogens with zero attached hydrogens (tertiary/aromatic N) is 2. The Morgan fingerprint density at radius 1 is 1.38 bits per heavy atom. The molecule has 0 atom stereocenters. The van der Waals surface area contributed by atoms with Crippen molar-refractivity contribution >= 4 is 29.9 Å². The monoisotopic (exact) mass is 405 g/mol. The summed E-state index contributed by atoms with van der Waals surface area (Å²) in [5.41, 5.74) is 0.777. The molecule has 0 radical (unpaired) electrons. The maximum atomic E-state index is 10.1. The summed E-state index contributed by atoms with van der Waals surface area (Å²) in [7, 11) is 1.55. The summed E-state index contributed by atoms with van der Waals surface area (Å²) in [5.74, 6) is 1.59. The number of hydrogen-bond donors (Lipinski definition) is 2. The van der Waals surface area contributed by atoms with E-state index < -0.39 is 0 Å². The minimum Gasteiger partial charge on any atom is -0.504 e. The molecule has 5 nitrogen and oxygen atoms in total. The number of nitrogens with one attached hydrogen (secondary N) is 1. The number of phenols is 1. The van der Waals surface area contributed by atoms with E-state index >= 15 is 0 Å². The third-order valence-corrected chi connectivity index (χ3v) is 3.44. The second-order valence-corrected chi connectivity index (χ2v) is 4.83. The van der Waals surface area contributed by atoms with Crippen molar-refractivity contribution in [3.05, 3.63) is 23.8 Å². The highest BCUT2D eigenvalue weighted by Gasteiger charge is 2.15. The first-order chi connectivity index (χ1) is 9.76. The van der Waals surface area contributed by atoms with Gasteiger partial charge in [-0.2, -0.15) is 0 Å². The Bertz CT molecular complexity index is 474. The van der Waals surface area contributed by atoms with E-state index in [-0.39, 0.29) is 29.7 Å². The Hall–Kier alpha value is -1.18. The molecule has 6 heteroatoms. The van der Waals surface area contributed by atoms with E-state index in [1.165, 1.54) is 12.8 Å². The first-order valence-electron chi connectivity index (χ1n) is 7.14. The molecule has 0 saturated carbocycles. The van der Waals surface area contributed by atoms with Gasteiger partial charge in [0.1, 0.15) is 0 Å². The van der Waals surface area contributed by atoms with Crippen LogP contribution in [0.2, 0.25) is 0 Å². The summed E-state index contributed by atoms with van der Waals surface area (Å²) in [6.45, 7) is 5.46. The minimum atomic E-state index is 0. The number of phenolic OH excluding ortho intramolecular Hbond substituents is 1. The highest BCUT2D eigenvalue weighted by molar-refractivity contribution is 14.0. The lowest BCUT2D eigenvalue weighted by Crippen LogP contribution is -2.39. The highest BCUT2D eigenvalue weighted by atomic mass is 127. The fourth-order valence-electron chi connectivity index (χ4n) is 2.37. The largest absolute Gasteiger partial charge is 0.504 e. The number of aromatic hydroxyl groups is 1. The quantitative estimate of drug-likeness (QED) is 0.460. The van der Waals surface area contributed by atoms with Gasteiger partial charge in [-0.1, -0.05) is 12.1 Å². The number of hydrogen-bond acceptors (Lipinski definition) is 3. The third-order valence-electron chi connectivity index (χ3n) is 3.44. The molecule has 0 unspecified atom stereocenters. The summed E-state index contributed by atoms with van der Waals surface area (Å²) in [4.78, 5) is 6.88. The lowest BCUT2D eigenvalue weighted by Gasteiger charge is -2.20. The van der Waals surface area contributed by atoms with Gasteiger partial charge in [-0.05, 0) is 25.8 Å². The molecular weight excluding hydrogens is 381 g/mol. The molecule has 0 aliphatic carbocycles. The van der Waals surface area contributed by atoms with Crippen LogP contribution in [-0.4, -0.2) is 42.7 Å². The van der Waals surface area contributed by atoms with Gasteiger partial charge in [0.25, 0.3) is 0 Å². The summed E-state index contributed by atoms with van der Waals surface area (Å²) < 4.78 is 5.12. The van der Waals surface area contributed by atoms with Crippen molar-refractivity contribution in [2.24, 2.45) is 4.99 Å². The Morgan fingerprint density at radius 3 is 2.71 bits per heavy atom. The predicted molar refractivity (Wildman–Crippen MR) is 95.7 cm³/mol. The average Bonchev–Trinajstić information content (AvgIpc) is 2.99. The molecule has 2 N–H and O–H groups in total. The SMILES string of the molecule is CCNC(=NCc1cccc(OC)c1O)N1CCCC1.I. The number of rotatable bonds is 4. The van der Waals surface area contributed by atoms with Crippen LogP contribution in [0.5, 0.6) is 11.5 Å². The third kappa shape index (κ3) is 4.66. The van der Waals surface area contributed by atoms with E-state index in [0.29, 0.717) is 12.3 Å². The van der Waals surface area contributed by atoms with Crippen molar-refractivity contribution in [2.75, 3.05) is 26.7 Å². The lowest BCUT2D eigenvalue weighted by atomic mass is 10.2. The standard InChI is InChI=1S/C15H23N3O2.HI/c1-3-16-15(18-9-4-5-10-18)17-11-12-7-6-8-13(20-2)14(12)19;/h6-8,19H,3-5,9-11H2,1-2H3,(H,16,17);1H. The van der Waals surface area contributed by atoms with Gasteiger partial charge in [0.15, 0.2) is 17.5 Å². The fourth-order valence-corrected chi connectivity index (χ4v) is 2.37. The van der Waals surface area contributed by atoms with Crippen molar-refractivity contribution in [1.82, 2.24) is 10.2 Å². The number of likely N-dealkylation sites (tertiary alicyclic amines) is 1. The van der Waals surface area contributed by atoms with E-state index in [9.17, 15) is 5.11 Å². The lowest BCUT2D eigenvalue weighted by molar-refractivity contribution is 0.370. The maximum absolute atomic E-state index is 10.1. The number of methoxy groups -OCH3 is 1. The Kier molecular flexibility index (Phi) is 7.63. The fraction of sp³-hybridized carbons (Fsp3) is 0.533. The molecule has 0 bridgehead atoms. The van der Waals surface area contributed by atoms with Crippen LogP contribution in [-0.2, 0) is 6.54 Å². The molecule has 1 aliphatic rings. The van der Waals surface area contributed by atoms with Gasteiger partial charge in [-0.15, -0.1) is 24.0 Å². The Morgan fingerprint density at radius 2 is 2.10 bits per heavy atom. The van der Waals surface area contributed by atoms with Crippen LogP contribution in [0, 0.1) is 0 Å².